The molecule has 3 aliphatic rings. The lowest BCUT2D eigenvalue weighted by atomic mass is 9.73. The van der Waals surface area contributed by atoms with Gasteiger partial charge in [0.1, 0.15) is 5.76 Å². The minimum atomic E-state index is -0.298. The monoisotopic (exact) mass is 436 g/mol. The minimum absolute atomic E-state index is 0.0386. The molecule has 0 atom stereocenters. The highest BCUT2D eigenvalue weighted by molar-refractivity contribution is 6.24. The first-order valence-corrected chi connectivity index (χ1v) is 11.7. The van der Waals surface area contributed by atoms with Gasteiger partial charge in [0, 0.05) is 25.1 Å². The molecule has 4 rings (SSSR count). The van der Waals surface area contributed by atoms with E-state index in [1.807, 2.05) is 0 Å². The van der Waals surface area contributed by atoms with Gasteiger partial charge in [0.05, 0.1) is 22.7 Å². The summed E-state index contributed by atoms with van der Waals surface area (Å²) in [5, 5.41) is 10.9. The van der Waals surface area contributed by atoms with Crippen molar-refractivity contribution in [3.8, 4) is 0 Å². The standard InChI is InChI=1S/C26H32N2O4/c1-26(2)15-20(27-17-9-4-3-5-10-17)23(22(30)16-26)21(29)13-8-14-28-24(31)18-11-6-7-12-19(18)25(28)32/h6-7,11-12,17,29H,3-5,8-10,13-16H2,1-2H3/b23-21+,27-20?. The largest absolute Gasteiger partial charge is 0.511 e. The first-order valence-electron chi connectivity index (χ1n) is 11.7. The normalized spacial score (nSPS) is 24.2. The average Bonchev–Trinajstić information content (AvgIpc) is 2.98. The van der Waals surface area contributed by atoms with Gasteiger partial charge in [-0.3, -0.25) is 24.3 Å². The van der Waals surface area contributed by atoms with E-state index >= 15 is 0 Å². The van der Waals surface area contributed by atoms with Gasteiger partial charge >= 0.3 is 0 Å². The fourth-order valence-electron chi connectivity index (χ4n) is 5.13. The Hall–Kier alpha value is -2.76. The molecule has 6 nitrogen and oxygen atoms in total. The number of rotatable bonds is 5. The van der Waals surface area contributed by atoms with Gasteiger partial charge in [-0.1, -0.05) is 45.2 Å². The number of aliphatic imine (C=N–C) groups is 1. The summed E-state index contributed by atoms with van der Waals surface area (Å²) < 4.78 is 0. The first-order chi connectivity index (χ1) is 15.3. The van der Waals surface area contributed by atoms with Crippen LogP contribution in [0.25, 0.3) is 0 Å². The van der Waals surface area contributed by atoms with Crippen LogP contribution in [0, 0.1) is 5.41 Å². The van der Waals surface area contributed by atoms with Gasteiger partial charge in [0.25, 0.3) is 11.8 Å². The lowest BCUT2D eigenvalue weighted by molar-refractivity contribution is -0.117. The van der Waals surface area contributed by atoms with Crippen LogP contribution in [0.15, 0.2) is 40.6 Å². The van der Waals surface area contributed by atoms with Gasteiger partial charge in [-0.2, -0.15) is 0 Å². The summed E-state index contributed by atoms with van der Waals surface area (Å²) in [7, 11) is 0. The second-order valence-electron chi connectivity index (χ2n) is 10.0. The summed E-state index contributed by atoms with van der Waals surface area (Å²) in [6.45, 7) is 4.34. The molecular weight excluding hydrogens is 404 g/mol. The zero-order valence-corrected chi connectivity index (χ0v) is 19.0. The molecule has 2 aliphatic carbocycles. The van der Waals surface area contributed by atoms with E-state index in [9.17, 15) is 19.5 Å². The molecule has 1 aliphatic heterocycles. The van der Waals surface area contributed by atoms with Crippen LogP contribution in [-0.4, -0.2) is 45.9 Å². The highest BCUT2D eigenvalue weighted by Gasteiger charge is 2.37. The second-order valence-corrected chi connectivity index (χ2v) is 10.0. The Bertz CT molecular complexity index is 964. The number of ketones is 1. The summed E-state index contributed by atoms with van der Waals surface area (Å²) in [6, 6.07) is 7.03. The third-order valence-electron chi connectivity index (χ3n) is 6.73. The maximum atomic E-state index is 13.0. The van der Waals surface area contributed by atoms with Crippen LogP contribution in [0.3, 0.4) is 0 Å². The molecule has 32 heavy (non-hydrogen) atoms. The van der Waals surface area contributed by atoms with E-state index in [0.29, 0.717) is 36.0 Å². The van der Waals surface area contributed by atoms with Crippen molar-refractivity contribution in [2.24, 2.45) is 10.4 Å². The van der Waals surface area contributed by atoms with E-state index in [4.69, 9.17) is 4.99 Å². The van der Waals surface area contributed by atoms with Gasteiger partial charge in [0.2, 0.25) is 0 Å². The SMILES string of the molecule is CC1(C)CC(=O)/C(=C(/O)CCCN2C(=O)c3ccccc3C2=O)C(=NC2CCCCC2)C1. The summed E-state index contributed by atoms with van der Waals surface area (Å²) >= 11 is 0. The van der Waals surface area contributed by atoms with E-state index < -0.39 is 0 Å². The van der Waals surface area contributed by atoms with Crippen LogP contribution in [0.5, 0.6) is 0 Å². The maximum absolute atomic E-state index is 13.0. The van der Waals surface area contributed by atoms with Crippen LogP contribution in [0.4, 0.5) is 0 Å². The van der Waals surface area contributed by atoms with Crippen molar-refractivity contribution in [1.29, 1.82) is 0 Å². The molecule has 0 unspecified atom stereocenters. The molecule has 0 saturated heterocycles. The van der Waals surface area contributed by atoms with Crippen LogP contribution < -0.4 is 0 Å². The van der Waals surface area contributed by atoms with Crippen molar-refractivity contribution in [2.45, 2.75) is 77.7 Å². The predicted octanol–water partition coefficient (Wildman–Crippen LogP) is 5.04. The van der Waals surface area contributed by atoms with Crippen LogP contribution in [-0.2, 0) is 4.79 Å². The molecule has 0 bridgehead atoms. The molecule has 170 valence electrons. The number of hydrogen-bond donors (Lipinski definition) is 1. The first kappa shape index (κ1) is 22.4. The molecule has 0 radical (unpaired) electrons. The zero-order valence-electron chi connectivity index (χ0n) is 19.0. The molecule has 1 aromatic rings. The number of aliphatic hydroxyl groups is 1. The molecule has 0 aromatic heterocycles. The Kier molecular flexibility index (Phi) is 6.31. The van der Waals surface area contributed by atoms with E-state index in [-0.39, 0.29) is 47.8 Å². The molecule has 6 heteroatoms. The van der Waals surface area contributed by atoms with Gasteiger partial charge in [0.15, 0.2) is 5.78 Å². The number of Topliss-reactive ketones (excluding diaryl/α,β-unsaturated/α-hetero) is 1. The Morgan fingerprint density at radius 3 is 2.28 bits per heavy atom. The van der Waals surface area contributed by atoms with E-state index in [1.165, 1.54) is 11.3 Å². The van der Waals surface area contributed by atoms with Gasteiger partial charge in [-0.25, -0.2) is 0 Å². The number of carbonyl (C=O) groups is 3. The summed E-state index contributed by atoms with van der Waals surface area (Å²) in [6.07, 6.45) is 7.30. The number of allylic oxidation sites excluding steroid dienone is 2. The lowest BCUT2D eigenvalue weighted by Crippen LogP contribution is -2.34. The Labute approximate surface area is 189 Å². The Morgan fingerprint density at radius 2 is 1.66 bits per heavy atom. The summed E-state index contributed by atoms with van der Waals surface area (Å²) in [5.74, 6) is -0.619. The number of nitrogens with zero attached hydrogens (tertiary/aromatic N) is 2. The van der Waals surface area contributed by atoms with E-state index in [0.717, 1.165) is 31.4 Å². The molecule has 2 saturated carbocycles. The van der Waals surface area contributed by atoms with Crippen molar-refractivity contribution in [3.05, 3.63) is 46.7 Å². The summed E-state index contributed by atoms with van der Waals surface area (Å²) in [4.78, 5) is 44.2. The van der Waals surface area contributed by atoms with Crippen molar-refractivity contribution in [1.82, 2.24) is 4.90 Å². The molecule has 0 spiro atoms. The minimum Gasteiger partial charge on any atom is -0.511 e. The number of amides is 2. The average molecular weight is 437 g/mol. The molecule has 2 fully saturated rings. The zero-order chi connectivity index (χ0) is 22.9. The van der Waals surface area contributed by atoms with E-state index in [1.54, 1.807) is 24.3 Å². The second kappa shape index (κ2) is 9.00. The maximum Gasteiger partial charge on any atom is 0.261 e. The number of hydrogen-bond acceptors (Lipinski definition) is 5. The van der Waals surface area contributed by atoms with Crippen molar-refractivity contribution >= 4 is 23.3 Å². The highest BCUT2D eigenvalue weighted by Crippen LogP contribution is 2.37. The van der Waals surface area contributed by atoms with Crippen molar-refractivity contribution in [2.75, 3.05) is 6.54 Å². The highest BCUT2D eigenvalue weighted by atomic mass is 16.3. The van der Waals surface area contributed by atoms with Crippen LogP contribution >= 0.6 is 0 Å². The molecule has 2 amide bonds. The summed E-state index contributed by atoms with van der Waals surface area (Å²) in [5.41, 5.74) is 1.78. The predicted molar refractivity (Wildman–Crippen MR) is 123 cm³/mol. The Balaban J connectivity index is 1.48. The number of fused-ring (bicyclic) bond motifs is 1. The fraction of sp³-hybridized carbons (Fsp3) is 0.538. The Morgan fingerprint density at radius 1 is 1.03 bits per heavy atom. The molecule has 1 heterocycles. The smallest absolute Gasteiger partial charge is 0.261 e. The quantitative estimate of drug-likeness (QED) is 0.398. The fourth-order valence-corrected chi connectivity index (χ4v) is 5.13. The molecular formula is C26H32N2O4. The van der Waals surface area contributed by atoms with Crippen molar-refractivity contribution < 1.29 is 19.5 Å². The topological polar surface area (TPSA) is 87.0 Å². The molecule has 1 N–H and O–H groups in total. The number of carbonyl (C=O) groups excluding carboxylic acids is 3. The molecule has 1 aromatic carbocycles. The van der Waals surface area contributed by atoms with Gasteiger partial charge in [-0.15, -0.1) is 0 Å². The van der Waals surface area contributed by atoms with E-state index in [2.05, 4.69) is 13.8 Å². The van der Waals surface area contributed by atoms with Gasteiger partial charge < -0.3 is 5.11 Å². The van der Waals surface area contributed by atoms with Crippen molar-refractivity contribution in [3.63, 3.8) is 0 Å². The third-order valence-corrected chi connectivity index (χ3v) is 6.73. The number of benzene rings is 1. The third kappa shape index (κ3) is 4.54. The number of imide groups is 1. The van der Waals surface area contributed by atoms with Crippen LogP contribution in [0.2, 0.25) is 0 Å². The lowest BCUT2D eigenvalue weighted by Gasteiger charge is -2.32. The van der Waals surface area contributed by atoms with Crippen LogP contribution in [0.1, 0.15) is 92.4 Å². The van der Waals surface area contributed by atoms with Gasteiger partial charge in [-0.05, 0) is 43.2 Å². The number of aliphatic hydroxyl groups excluding tert-OH is 1.